The van der Waals surface area contributed by atoms with E-state index in [0.717, 1.165) is 6.07 Å². The van der Waals surface area contributed by atoms with Crippen LogP contribution in [0.1, 0.15) is 17.6 Å². The molecule has 0 saturated heterocycles. The molecule has 0 bridgehead atoms. The zero-order chi connectivity index (χ0) is 10.7. The lowest BCUT2D eigenvalue weighted by atomic mass is 10.1. The average Bonchev–Trinajstić information content (AvgIpc) is 2.16. The molecule has 0 aliphatic heterocycles. The number of hydrogen-bond acceptors (Lipinski definition) is 3. The number of aliphatic hydroxyl groups excluding tert-OH is 1. The largest absolute Gasteiger partial charge is 0.481 e. The number of nitrogens with zero attached hydrogens (tertiary/aromatic N) is 1. The highest BCUT2D eigenvalue weighted by molar-refractivity contribution is 14.1. The number of methoxy groups -OCH3 is 1. The fourth-order valence-electron chi connectivity index (χ4n) is 0.992. The number of hydrogen-bond donors (Lipinski definition) is 1. The Balaban J connectivity index is 3.28. The summed E-state index contributed by atoms with van der Waals surface area (Å²) < 4.78 is 30.1. The van der Waals surface area contributed by atoms with Gasteiger partial charge >= 0.3 is 0 Å². The fourth-order valence-corrected chi connectivity index (χ4v) is 1.71. The highest BCUT2D eigenvalue weighted by atomic mass is 127. The van der Waals surface area contributed by atoms with Crippen molar-refractivity contribution in [3.05, 3.63) is 20.9 Å². The van der Waals surface area contributed by atoms with Crippen LogP contribution < -0.4 is 4.74 Å². The van der Waals surface area contributed by atoms with Crippen molar-refractivity contribution in [3.63, 3.8) is 0 Å². The third-order valence-electron chi connectivity index (χ3n) is 1.69. The van der Waals surface area contributed by atoms with Crippen LogP contribution in [0.3, 0.4) is 0 Å². The van der Waals surface area contributed by atoms with E-state index in [9.17, 15) is 8.78 Å². The zero-order valence-electron chi connectivity index (χ0n) is 7.30. The maximum Gasteiger partial charge on any atom is 0.264 e. The van der Waals surface area contributed by atoms with Crippen LogP contribution in [0.25, 0.3) is 0 Å². The van der Waals surface area contributed by atoms with Gasteiger partial charge in [0.05, 0.1) is 13.7 Å². The van der Waals surface area contributed by atoms with Crippen molar-refractivity contribution in [1.82, 2.24) is 4.98 Å². The van der Waals surface area contributed by atoms with Crippen molar-refractivity contribution in [2.75, 3.05) is 7.11 Å². The van der Waals surface area contributed by atoms with Crippen LogP contribution in [0.4, 0.5) is 8.78 Å². The predicted octanol–water partition coefficient (Wildman–Crippen LogP) is 2.12. The summed E-state index contributed by atoms with van der Waals surface area (Å²) in [6, 6.07) is 1.14. The first kappa shape index (κ1) is 11.6. The van der Waals surface area contributed by atoms with Gasteiger partial charge in [-0.15, -0.1) is 0 Å². The highest BCUT2D eigenvalue weighted by Crippen LogP contribution is 2.28. The zero-order valence-corrected chi connectivity index (χ0v) is 9.46. The molecular formula is C8H8F2INO2. The lowest BCUT2D eigenvalue weighted by molar-refractivity contribution is 0.146. The maximum absolute atomic E-state index is 12.5. The second-order valence-electron chi connectivity index (χ2n) is 2.48. The molecule has 0 saturated carbocycles. The van der Waals surface area contributed by atoms with E-state index < -0.39 is 13.0 Å². The van der Waals surface area contributed by atoms with Gasteiger partial charge in [0, 0.05) is 17.2 Å². The Morgan fingerprint density at radius 1 is 1.64 bits per heavy atom. The normalized spacial score (nSPS) is 10.7. The standard InChI is InChI=1S/C8H8F2INO2/c1-14-6-2-4(7(9)10)5(3-13)8(11)12-6/h2,7,13H,3H2,1H3. The van der Waals surface area contributed by atoms with Gasteiger partial charge in [-0.05, 0) is 22.6 Å². The van der Waals surface area contributed by atoms with Crippen molar-refractivity contribution >= 4 is 22.6 Å². The van der Waals surface area contributed by atoms with E-state index in [1.807, 2.05) is 0 Å². The Labute approximate surface area is 93.2 Å². The topological polar surface area (TPSA) is 42.4 Å². The molecule has 1 aromatic rings. The Morgan fingerprint density at radius 2 is 2.29 bits per heavy atom. The Kier molecular flexibility index (Phi) is 3.99. The number of rotatable bonds is 3. The number of alkyl halides is 2. The molecule has 0 fully saturated rings. The number of aliphatic hydroxyl groups is 1. The maximum atomic E-state index is 12.5. The van der Waals surface area contributed by atoms with Gasteiger partial charge in [-0.3, -0.25) is 0 Å². The quantitative estimate of drug-likeness (QED) is 0.686. The van der Waals surface area contributed by atoms with Crippen LogP contribution in [-0.4, -0.2) is 17.2 Å². The smallest absolute Gasteiger partial charge is 0.264 e. The third kappa shape index (κ3) is 2.30. The molecule has 1 aromatic heterocycles. The van der Waals surface area contributed by atoms with Crippen molar-refractivity contribution in [2.24, 2.45) is 0 Å². The summed E-state index contributed by atoms with van der Waals surface area (Å²) in [6.07, 6.45) is -2.64. The minimum atomic E-state index is -2.64. The lowest BCUT2D eigenvalue weighted by Gasteiger charge is -2.09. The van der Waals surface area contributed by atoms with E-state index in [4.69, 9.17) is 9.84 Å². The molecule has 78 valence electrons. The van der Waals surface area contributed by atoms with Crippen LogP contribution in [0, 0.1) is 3.70 Å². The molecule has 0 spiro atoms. The molecule has 0 aliphatic rings. The van der Waals surface area contributed by atoms with Crippen molar-refractivity contribution in [2.45, 2.75) is 13.0 Å². The monoisotopic (exact) mass is 315 g/mol. The van der Waals surface area contributed by atoms with E-state index in [1.54, 1.807) is 22.6 Å². The fraction of sp³-hybridized carbons (Fsp3) is 0.375. The molecule has 0 amide bonds. The van der Waals surface area contributed by atoms with Crippen LogP contribution in [0.5, 0.6) is 5.88 Å². The predicted molar refractivity (Wildman–Crippen MR) is 54.4 cm³/mol. The molecule has 1 N–H and O–H groups in total. The van der Waals surface area contributed by atoms with Gasteiger partial charge < -0.3 is 9.84 Å². The lowest BCUT2D eigenvalue weighted by Crippen LogP contribution is -2.02. The SMILES string of the molecule is COc1cc(C(F)F)c(CO)c(I)n1. The molecule has 3 nitrogen and oxygen atoms in total. The molecular weight excluding hydrogens is 307 g/mol. The second kappa shape index (κ2) is 4.83. The second-order valence-corrected chi connectivity index (χ2v) is 3.50. The summed E-state index contributed by atoms with van der Waals surface area (Å²) in [5.41, 5.74) is -0.0786. The first-order valence-electron chi connectivity index (χ1n) is 3.72. The molecule has 0 aromatic carbocycles. The molecule has 1 heterocycles. The van der Waals surface area contributed by atoms with Gasteiger partial charge in [0.25, 0.3) is 6.43 Å². The summed E-state index contributed by atoms with van der Waals surface area (Å²) >= 11 is 1.78. The van der Waals surface area contributed by atoms with Crippen LogP contribution in [-0.2, 0) is 6.61 Å². The van der Waals surface area contributed by atoms with Gasteiger partial charge in [-0.25, -0.2) is 13.8 Å². The van der Waals surface area contributed by atoms with E-state index >= 15 is 0 Å². The number of ether oxygens (including phenoxy) is 1. The van der Waals surface area contributed by atoms with Gasteiger partial charge in [0.15, 0.2) is 0 Å². The van der Waals surface area contributed by atoms with E-state index in [1.165, 1.54) is 7.11 Å². The van der Waals surface area contributed by atoms with Crippen LogP contribution >= 0.6 is 22.6 Å². The minimum Gasteiger partial charge on any atom is -0.481 e. The minimum absolute atomic E-state index is 0.127. The number of aromatic nitrogens is 1. The molecule has 1 rings (SSSR count). The van der Waals surface area contributed by atoms with Crippen LogP contribution in [0.15, 0.2) is 6.07 Å². The van der Waals surface area contributed by atoms with Gasteiger partial charge in [-0.2, -0.15) is 0 Å². The molecule has 0 radical (unpaired) electrons. The van der Waals surface area contributed by atoms with Crippen molar-refractivity contribution in [3.8, 4) is 5.88 Å². The van der Waals surface area contributed by atoms with Gasteiger partial charge in [-0.1, -0.05) is 0 Å². The highest BCUT2D eigenvalue weighted by Gasteiger charge is 2.17. The number of halogens is 3. The van der Waals surface area contributed by atoms with E-state index in [0.29, 0.717) is 3.70 Å². The summed E-state index contributed by atoms with van der Waals surface area (Å²) in [4.78, 5) is 3.88. The van der Waals surface area contributed by atoms with Crippen LogP contribution in [0.2, 0.25) is 0 Å². The summed E-state index contributed by atoms with van der Waals surface area (Å²) in [5.74, 6) is 0.127. The van der Waals surface area contributed by atoms with Gasteiger partial charge in [0.1, 0.15) is 3.70 Å². The third-order valence-corrected chi connectivity index (χ3v) is 2.58. The molecule has 6 heteroatoms. The first-order valence-corrected chi connectivity index (χ1v) is 4.80. The molecule has 0 unspecified atom stereocenters. The first-order chi connectivity index (χ1) is 6.60. The summed E-state index contributed by atoms with van der Waals surface area (Å²) in [5, 5.41) is 8.89. The van der Waals surface area contributed by atoms with E-state index in [-0.39, 0.29) is 17.0 Å². The van der Waals surface area contributed by atoms with Gasteiger partial charge in [0.2, 0.25) is 5.88 Å². The molecule has 0 atom stereocenters. The molecule has 14 heavy (non-hydrogen) atoms. The Hall–Kier alpha value is -0.500. The molecule has 0 aliphatic carbocycles. The average molecular weight is 315 g/mol. The van der Waals surface area contributed by atoms with E-state index in [2.05, 4.69) is 4.98 Å². The number of pyridine rings is 1. The van der Waals surface area contributed by atoms with Crippen molar-refractivity contribution in [1.29, 1.82) is 0 Å². The Bertz CT molecular complexity index is 333. The van der Waals surface area contributed by atoms with Crippen molar-refractivity contribution < 1.29 is 18.6 Å². The Morgan fingerprint density at radius 3 is 2.71 bits per heavy atom. The summed E-state index contributed by atoms with van der Waals surface area (Å²) in [7, 11) is 1.35. The summed E-state index contributed by atoms with van der Waals surface area (Å²) in [6.45, 7) is -0.449.